The van der Waals surface area contributed by atoms with Crippen LogP contribution in [0.25, 0.3) is 0 Å². The molecule has 0 aromatic heterocycles. The number of nitrogens with zero attached hydrogens (tertiary/aromatic N) is 1. The van der Waals surface area contributed by atoms with E-state index >= 15 is 0 Å². The molecule has 0 aliphatic carbocycles. The van der Waals surface area contributed by atoms with Gasteiger partial charge in [0.1, 0.15) is 6.04 Å². The molecule has 0 bridgehead atoms. The Morgan fingerprint density at radius 3 is 2.61 bits per heavy atom. The number of hydrogen-bond donors (Lipinski definition) is 1. The number of ketones is 1. The van der Waals surface area contributed by atoms with E-state index in [9.17, 15) is 19.2 Å². The van der Waals surface area contributed by atoms with Gasteiger partial charge in [0.05, 0.1) is 6.04 Å². The maximum atomic E-state index is 12.3. The van der Waals surface area contributed by atoms with Crippen LogP contribution in [0.4, 0.5) is 0 Å². The van der Waals surface area contributed by atoms with Crippen molar-refractivity contribution < 1.29 is 19.2 Å². The van der Waals surface area contributed by atoms with Gasteiger partial charge in [-0.25, -0.2) is 0 Å². The number of aldehydes is 1. The maximum Gasteiger partial charge on any atom is 0.243 e. The number of carbonyl (C=O) groups is 4. The third kappa shape index (κ3) is 2.49. The molecule has 2 atom stereocenters. The smallest absolute Gasteiger partial charge is 0.243 e. The van der Waals surface area contributed by atoms with E-state index in [4.69, 9.17) is 0 Å². The van der Waals surface area contributed by atoms with Crippen LogP contribution in [-0.2, 0) is 25.7 Å². The van der Waals surface area contributed by atoms with E-state index < -0.39 is 23.8 Å². The first-order valence-electron chi connectivity index (χ1n) is 7.61. The van der Waals surface area contributed by atoms with Crippen molar-refractivity contribution in [2.24, 2.45) is 0 Å². The molecule has 2 unspecified atom stereocenters. The average molecular weight is 314 g/mol. The Morgan fingerprint density at radius 1 is 1.26 bits per heavy atom. The molecule has 1 saturated heterocycles. The summed E-state index contributed by atoms with van der Waals surface area (Å²) in [5, 5.41) is 2.32. The summed E-state index contributed by atoms with van der Waals surface area (Å²) in [6.07, 6.45) is 0.920. The summed E-state index contributed by atoms with van der Waals surface area (Å²) in [6.45, 7) is 4.28. The second-order valence-electron chi connectivity index (χ2n) is 6.15. The SMILES string of the molecule is Cc1ccc(C)c2c1CN(C1CCC(=O)NC1=O)C2C(=O)C=O. The van der Waals surface area contributed by atoms with Crippen LogP contribution < -0.4 is 5.32 Å². The molecule has 1 fully saturated rings. The van der Waals surface area contributed by atoms with Gasteiger partial charge in [-0.15, -0.1) is 0 Å². The normalized spacial score (nSPS) is 24.3. The molecule has 0 radical (unpaired) electrons. The number of aryl methyl sites for hydroxylation is 2. The zero-order chi connectivity index (χ0) is 16.7. The van der Waals surface area contributed by atoms with Crippen molar-refractivity contribution in [1.29, 1.82) is 0 Å². The van der Waals surface area contributed by atoms with Crippen LogP contribution in [-0.4, -0.2) is 34.8 Å². The number of hydrogen-bond acceptors (Lipinski definition) is 5. The average Bonchev–Trinajstić information content (AvgIpc) is 2.91. The van der Waals surface area contributed by atoms with Crippen LogP contribution in [0.5, 0.6) is 0 Å². The molecular weight excluding hydrogens is 296 g/mol. The predicted octanol–water partition coefficient (Wildman–Crippen LogP) is 0.733. The summed E-state index contributed by atoms with van der Waals surface area (Å²) in [6, 6.07) is 2.58. The van der Waals surface area contributed by atoms with Gasteiger partial charge in [-0.2, -0.15) is 0 Å². The molecule has 120 valence electrons. The van der Waals surface area contributed by atoms with Gasteiger partial charge in [0.2, 0.25) is 17.6 Å². The first-order valence-corrected chi connectivity index (χ1v) is 7.61. The second-order valence-corrected chi connectivity index (χ2v) is 6.15. The van der Waals surface area contributed by atoms with Crippen LogP contribution >= 0.6 is 0 Å². The summed E-state index contributed by atoms with van der Waals surface area (Å²) in [4.78, 5) is 48.7. The minimum atomic E-state index is -0.744. The topological polar surface area (TPSA) is 83.6 Å². The van der Waals surface area contributed by atoms with Gasteiger partial charge in [-0.05, 0) is 42.5 Å². The molecule has 2 aliphatic heterocycles. The third-order valence-corrected chi connectivity index (χ3v) is 4.75. The molecule has 3 rings (SSSR count). The summed E-state index contributed by atoms with van der Waals surface area (Å²) in [5.41, 5.74) is 3.78. The first kappa shape index (κ1) is 15.6. The van der Waals surface area contributed by atoms with Crippen molar-refractivity contribution in [3.8, 4) is 0 Å². The highest BCUT2D eigenvalue weighted by Gasteiger charge is 2.44. The predicted molar refractivity (Wildman–Crippen MR) is 81.4 cm³/mol. The number of carbonyl (C=O) groups excluding carboxylic acids is 4. The van der Waals surface area contributed by atoms with E-state index in [1.165, 1.54) is 0 Å². The fourth-order valence-electron chi connectivity index (χ4n) is 3.58. The van der Waals surface area contributed by atoms with Crippen LogP contribution in [0.15, 0.2) is 12.1 Å². The zero-order valence-corrected chi connectivity index (χ0v) is 13.1. The molecule has 2 aliphatic rings. The largest absolute Gasteiger partial charge is 0.295 e. The quantitative estimate of drug-likeness (QED) is 0.505. The second kappa shape index (κ2) is 5.70. The van der Waals surface area contributed by atoms with Crippen molar-refractivity contribution in [2.45, 2.75) is 45.3 Å². The van der Waals surface area contributed by atoms with E-state index in [-0.39, 0.29) is 12.3 Å². The lowest BCUT2D eigenvalue weighted by molar-refractivity contribution is -0.141. The van der Waals surface area contributed by atoms with Gasteiger partial charge in [-0.3, -0.25) is 29.4 Å². The fraction of sp³-hybridized carbons (Fsp3) is 0.412. The summed E-state index contributed by atoms with van der Waals surface area (Å²) in [7, 11) is 0. The Morgan fingerprint density at radius 2 is 1.96 bits per heavy atom. The van der Waals surface area contributed by atoms with Gasteiger partial charge in [0.25, 0.3) is 0 Å². The molecule has 1 N–H and O–H groups in total. The van der Waals surface area contributed by atoms with Crippen LogP contribution in [0, 0.1) is 13.8 Å². The zero-order valence-electron chi connectivity index (χ0n) is 13.1. The van der Waals surface area contributed by atoms with E-state index in [1.54, 1.807) is 4.90 Å². The van der Waals surface area contributed by atoms with Gasteiger partial charge in [0, 0.05) is 13.0 Å². The molecule has 1 aromatic rings. The monoisotopic (exact) mass is 314 g/mol. The minimum absolute atomic E-state index is 0.239. The van der Waals surface area contributed by atoms with Gasteiger partial charge in [-0.1, -0.05) is 12.1 Å². The van der Waals surface area contributed by atoms with Crippen molar-refractivity contribution >= 4 is 23.9 Å². The number of piperidine rings is 1. The Bertz CT molecular complexity index is 726. The molecule has 2 heterocycles. The van der Waals surface area contributed by atoms with Crippen LogP contribution in [0.1, 0.15) is 41.1 Å². The Hall–Kier alpha value is -2.34. The number of rotatable bonds is 3. The summed E-state index contributed by atoms with van der Waals surface area (Å²) < 4.78 is 0. The number of amides is 2. The highest BCUT2D eigenvalue weighted by Crippen LogP contribution is 2.40. The molecule has 6 heteroatoms. The van der Waals surface area contributed by atoms with Gasteiger partial charge in [0.15, 0.2) is 6.29 Å². The van der Waals surface area contributed by atoms with E-state index in [2.05, 4.69) is 5.32 Å². The molecule has 1 aromatic carbocycles. The molecule has 0 spiro atoms. The standard InChI is InChI=1S/C17H18N2O4/c1-9-3-4-10(2)15-11(9)7-19(16(15)13(21)8-20)12-5-6-14(22)18-17(12)23/h3-4,8,12,16H,5-7H2,1-2H3,(H,18,22,23). The summed E-state index contributed by atoms with van der Waals surface area (Å²) in [5.74, 6) is -1.25. The Balaban J connectivity index is 2.05. The van der Waals surface area contributed by atoms with Gasteiger partial charge >= 0.3 is 0 Å². The number of benzene rings is 1. The number of nitrogens with one attached hydrogen (secondary N) is 1. The first-order chi connectivity index (χ1) is 10.9. The lowest BCUT2D eigenvalue weighted by Gasteiger charge is -2.33. The van der Waals surface area contributed by atoms with E-state index in [0.29, 0.717) is 19.3 Å². The van der Waals surface area contributed by atoms with Crippen molar-refractivity contribution in [3.63, 3.8) is 0 Å². The fourth-order valence-corrected chi connectivity index (χ4v) is 3.58. The number of Topliss-reactive ketones (excluding diaryl/α,β-unsaturated/α-hetero) is 1. The molecular formula is C17H18N2O4. The van der Waals surface area contributed by atoms with E-state index in [0.717, 1.165) is 22.3 Å². The minimum Gasteiger partial charge on any atom is -0.295 e. The molecule has 23 heavy (non-hydrogen) atoms. The number of imide groups is 1. The van der Waals surface area contributed by atoms with Crippen LogP contribution in [0.2, 0.25) is 0 Å². The van der Waals surface area contributed by atoms with Crippen molar-refractivity contribution in [3.05, 3.63) is 34.4 Å². The van der Waals surface area contributed by atoms with E-state index in [1.807, 2.05) is 26.0 Å². The number of fused-ring (bicyclic) bond motifs is 1. The lowest BCUT2D eigenvalue weighted by atomic mass is 9.93. The molecule has 6 nitrogen and oxygen atoms in total. The maximum absolute atomic E-state index is 12.3. The Kier molecular flexibility index (Phi) is 3.85. The third-order valence-electron chi connectivity index (χ3n) is 4.75. The highest BCUT2D eigenvalue weighted by molar-refractivity contribution is 6.27. The highest BCUT2D eigenvalue weighted by atomic mass is 16.2. The molecule has 2 amide bonds. The van der Waals surface area contributed by atoms with Gasteiger partial charge < -0.3 is 0 Å². The van der Waals surface area contributed by atoms with Crippen molar-refractivity contribution in [2.75, 3.05) is 0 Å². The summed E-state index contributed by atoms with van der Waals surface area (Å²) >= 11 is 0. The Labute approximate surface area is 133 Å². The lowest BCUT2D eigenvalue weighted by Crippen LogP contribution is -2.52. The van der Waals surface area contributed by atoms with Crippen molar-refractivity contribution in [1.82, 2.24) is 10.2 Å². The van der Waals surface area contributed by atoms with Crippen LogP contribution in [0.3, 0.4) is 0 Å². The molecule has 0 saturated carbocycles.